The smallest absolute Gasteiger partial charge is 0 e. The van der Waals surface area contributed by atoms with E-state index in [1.165, 1.54) is 54.6 Å². The topological polar surface area (TPSA) is 43.9 Å². The van der Waals surface area contributed by atoms with Crippen molar-refractivity contribution < 1.29 is 25.9 Å². The van der Waals surface area contributed by atoms with E-state index in [9.17, 15) is 0 Å². The molecule has 0 fully saturated rings. The molecule has 0 atom stereocenters. The number of rotatable bonds is 8. The minimum atomic E-state index is -2.03. The Labute approximate surface area is 426 Å². The Morgan fingerprint density at radius 2 is 1.32 bits per heavy atom. The zero-order valence-corrected chi connectivity index (χ0v) is 46.2. The predicted molar refractivity (Wildman–Crippen MR) is 289 cm³/mol. The van der Waals surface area contributed by atoms with Gasteiger partial charge in [0.1, 0.15) is 5.58 Å². The number of fused-ring (bicyclic) bond motifs is 8. The first-order valence-electron chi connectivity index (χ1n) is 24.6. The van der Waals surface area contributed by atoms with Gasteiger partial charge in [0.2, 0.25) is 0 Å². The largest absolute Gasteiger partial charge is 0 e. The summed E-state index contributed by atoms with van der Waals surface area (Å²) in [7, 11) is 0. The third-order valence-electron chi connectivity index (χ3n) is 13.9. The fourth-order valence-electron chi connectivity index (χ4n) is 10.4. The summed E-state index contributed by atoms with van der Waals surface area (Å²) < 4.78 is 19.2. The molecule has 1 aliphatic carbocycles. The van der Waals surface area contributed by atoms with Crippen LogP contribution in [0.25, 0.3) is 83.6 Å². The van der Waals surface area contributed by atoms with Crippen LogP contribution >= 0.6 is 0 Å². The van der Waals surface area contributed by atoms with Crippen molar-refractivity contribution in [3.8, 4) is 50.6 Å². The van der Waals surface area contributed by atoms with Crippen LogP contribution in [0, 0.1) is 12.1 Å². The molecule has 0 saturated heterocycles. The van der Waals surface area contributed by atoms with Gasteiger partial charge in [0.25, 0.3) is 0 Å². The average Bonchev–Trinajstić information content (AvgIpc) is 3.99. The van der Waals surface area contributed by atoms with Crippen LogP contribution in [0.15, 0.2) is 156 Å². The molecule has 0 bridgehead atoms. The van der Waals surface area contributed by atoms with Crippen molar-refractivity contribution in [2.45, 2.75) is 95.8 Å². The molecular weight excluding hydrogens is 1080 g/mol. The van der Waals surface area contributed by atoms with Crippen molar-refractivity contribution in [2.75, 3.05) is 0 Å². The van der Waals surface area contributed by atoms with Gasteiger partial charge in [0.15, 0.2) is 0 Å². The molecule has 10 aromatic rings. The summed E-state index contributed by atoms with van der Waals surface area (Å²) >= 11 is -2.03. The van der Waals surface area contributed by atoms with Crippen LogP contribution in [0.3, 0.4) is 0 Å². The maximum absolute atomic E-state index is 8.44. The third kappa shape index (κ3) is 8.55. The van der Waals surface area contributed by atoms with E-state index in [4.69, 9.17) is 10.8 Å². The minimum absolute atomic E-state index is 0. The Kier molecular flexibility index (Phi) is 12.8. The van der Waals surface area contributed by atoms with Crippen LogP contribution < -0.4 is 4.40 Å². The second-order valence-corrected chi connectivity index (χ2v) is 31.4. The van der Waals surface area contributed by atoms with Crippen LogP contribution in [-0.4, -0.2) is 27.8 Å². The number of para-hydroxylation sites is 2. The van der Waals surface area contributed by atoms with Crippen LogP contribution in [0.2, 0.25) is 17.3 Å². The maximum Gasteiger partial charge on any atom is 0 e. The first-order valence-corrected chi connectivity index (χ1v) is 31.5. The summed E-state index contributed by atoms with van der Waals surface area (Å²) in [4.78, 5) is 9.99. The number of imidazole rings is 1. The zero-order valence-electron chi connectivity index (χ0n) is 42.7. The summed E-state index contributed by atoms with van der Waals surface area (Å²) in [5, 5.41) is 2.21. The van der Waals surface area contributed by atoms with Gasteiger partial charge in [-0.15, -0.1) is 18.2 Å². The van der Waals surface area contributed by atoms with E-state index < -0.39 is 19.2 Å². The molecule has 0 spiro atoms. The average molecular weight is 1140 g/mol. The Hall–Kier alpha value is -5.85. The second kappa shape index (κ2) is 18.8. The molecular formula is C63H61GeIrN3O-2. The summed E-state index contributed by atoms with van der Waals surface area (Å²) in [5.74, 6) is 7.85. The van der Waals surface area contributed by atoms with E-state index in [2.05, 4.69) is 196 Å². The van der Waals surface area contributed by atoms with Crippen molar-refractivity contribution in [2.24, 2.45) is 0 Å². The number of benzene rings is 7. The van der Waals surface area contributed by atoms with E-state index in [0.29, 0.717) is 0 Å². The van der Waals surface area contributed by atoms with E-state index in [1.54, 1.807) is 0 Å². The maximum atomic E-state index is 8.44. The van der Waals surface area contributed by atoms with Crippen molar-refractivity contribution >= 4 is 50.6 Å². The summed E-state index contributed by atoms with van der Waals surface area (Å²) in [5.41, 5.74) is 18.9. The molecule has 349 valence electrons. The molecule has 1 aliphatic rings. The van der Waals surface area contributed by atoms with Gasteiger partial charge in [-0.3, -0.25) is 4.98 Å². The molecule has 0 amide bonds. The van der Waals surface area contributed by atoms with Crippen molar-refractivity contribution in [1.82, 2.24) is 14.5 Å². The molecule has 0 unspecified atom stereocenters. The fourth-order valence-corrected chi connectivity index (χ4v) is 13.7. The van der Waals surface area contributed by atoms with E-state index in [-0.39, 0.29) is 37.4 Å². The van der Waals surface area contributed by atoms with E-state index in [1.807, 2.05) is 50.4 Å². The van der Waals surface area contributed by atoms with Gasteiger partial charge in [0.05, 0.1) is 22.4 Å². The first kappa shape index (κ1) is 46.9. The number of aromatic nitrogens is 3. The summed E-state index contributed by atoms with van der Waals surface area (Å²) in [6, 6.07) is 58.3. The summed E-state index contributed by atoms with van der Waals surface area (Å²) in [6.07, 6.45) is 2.00. The van der Waals surface area contributed by atoms with Crippen molar-refractivity contribution in [1.29, 1.82) is 0 Å². The Balaban J connectivity index is 0.000000244. The molecule has 0 N–H and O–H groups in total. The van der Waals surface area contributed by atoms with E-state index >= 15 is 0 Å². The molecule has 1 radical (unpaired) electrons. The standard InChI is InChI=1S/C46H39N2O.C17H22GeN.Ir/c1-27(2)35-25-30(29-15-8-7-9-16-29)26-36(28(3)4)42(35)48-40-22-13-12-21-39(40)47-45(48)34-19-14-18-31-32-23-24-38-41(44(32)49-43(31)34)33-17-10-11-20-37(33)46(38,5)6;1-13(2)15-11-17(14-9-7-6-8-10-14)19-12-16(15)18(3,4)5;/h7-18,20-28H,1-6H3;6-9,11-13H,1-5H3;/q2*-1;/i;13D;. The van der Waals surface area contributed by atoms with Crippen LogP contribution in [-0.2, 0) is 25.5 Å². The number of hydrogen-bond donors (Lipinski definition) is 0. The molecule has 6 heteroatoms. The molecule has 0 saturated carbocycles. The predicted octanol–water partition coefficient (Wildman–Crippen LogP) is 16.8. The quantitative estimate of drug-likeness (QED) is 0.112. The van der Waals surface area contributed by atoms with Gasteiger partial charge >= 0.3 is 120 Å². The molecule has 4 nitrogen and oxygen atoms in total. The molecule has 3 aromatic heterocycles. The number of furan rings is 1. The summed E-state index contributed by atoms with van der Waals surface area (Å²) in [6.45, 7) is 17.7. The normalized spacial score (nSPS) is 13.3. The van der Waals surface area contributed by atoms with Gasteiger partial charge in [-0.2, -0.15) is 0 Å². The molecule has 0 aliphatic heterocycles. The van der Waals surface area contributed by atoms with Gasteiger partial charge in [0, 0.05) is 42.2 Å². The van der Waals surface area contributed by atoms with Crippen molar-refractivity contribution in [3.05, 3.63) is 192 Å². The van der Waals surface area contributed by atoms with Crippen LogP contribution in [0.4, 0.5) is 0 Å². The Morgan fingerprint density at radius 1 is 0.652 bits per heavy atom. The number of pyridine rings is 1. The molecule has 11 rings (SSSR count). The van der Waals surface area contributed by atoms with Gasteiger partial charge in [-0.1, -0.05) is 131 Å². The first-order chi connectivity index (χ1) is 32.9. The zero-order chi connectivity index (χ0) is 48.6. The molecule has 7 aromatic carbocycles. The van der Waals surface area contributed by atoms with Crippen LogP contribution in [0.5, 0.6) is 0 Å². The van der Waals surface area contributed by atoms with Gasteiger partial charge in [-0.05, 0) is 75.0 Å². The SMILES string of the molecule is CC(C)c1cc(-c2ccccc2)cc(C(C)C)c1-n1c(-c2[c-]ccc3c2oc2c4c(ccc23)C(C)(C)c2ccccc2-4)nc2ccccc21.[2H]C(C)(C)c1cc(-c2[c-]cccc2)nc[c]1[Ge]([CH3])([CH3])[CH3].[Ir]. The monoisotopic (exact) mass is 1140 g/mol. The minimum Gasteiger partial charge on any atom is 0 e. The van der Waals surface area contributed by atoms with E-state index in [0.717, 1.165) is 61.2 Å². The Morgan fingerprint density at radius 3 is 2.00 bits per heavy atom. The van der Waals surface area contributed by atoms with Crippen LogP contribution in [0.1, 0.15) is 102 Å². The molecule has 69 heavy (non-hydrogen) atoms. The number of hydrogen-bond acceptors (Lipinski definition) is 3. The number of nitrogens with zero attached hydrogens (tertiary/aromatic N) is 3. The van der Waals surface area contributed by atoms with Gasteiger partial charge in [-0.25, -0.2) is 0 Å². The van der Waals surface area contributed by atoms with Gasteiger partial charge < -0.3 is 8.98 Å². The Bertz CT molecular complexity index is 3530. The third-order valence-corrected chi connectivity index (χ3v) is 18.1. The fraction of sp³-hybridized carbons (Fsp3) is 0.238. The van der Waals surface area contributed by atoms with Crippen molar-refractivity contribution in [3.63, 3.8) is 0 Å². The second-order valence-electron chi connectivity index (χ2n) is 20.8. The molecule has 3 heterocycles.